The number of nitrogens with zero attached hydrogens (tertiary/aromatic N) is 1. The number of benzene rings is 2. The number of carbonyl (C=O) groups is 2. The van der Waals surface area contributed by atoms with Crippen molar-refractivity contribution in [2.24, 2.45) is 0 Å². The van der Waals surface area contributed by atoms with E-state index >= 15 is 0 Å². The van der Waals surface area contributed by atoms with E-state index in [0.717, 1.165) is 16.3 Å². The second kappa shape index (κ2) is 8.40. The molecule has 132 valence electrons. The Labute approximate surface area is 155 Å². The van der Waals surface area contributed by atoms with Crippen molar-refractivity contribution in [3.8, 4) is 16.3 Å². The summed E-state index contributed by atoms with van der Waals surface area (Å²) in [7, 11) is 0. The summed E-state index contributed by atoms with van der Waals surface area (Å²) in [6.07, 6.45) is 0. The van der Waals surface area contributed by atoms with Gasteiger partial charge in [-0.2, -0.15) is 0 Å². The Morgan fingerprint density at radius 2 is 1.92 bits per heavy atom. The van der Waals surface area contributed by atoms with E-state index in [4.69, 9.17) is 4.74 Å². The van der Waals surface area contributed by atoms with Gasteiger partial charge in [-0.3, -0.25) is 9.59 Å². The van der Waals surface area contributed by atoms with Gasteiger partial charge in [0.05, 0.1) is 12.2 Å². The van der Waals surface area contributed by atoms with Gasteiger partial charge in [-0.25, -0.2) is 4.98 Å². The lowest BCUT2D eigenvalue weighted by atomic mass is 10.1. The summed E-state index contributed by atoms with van der Waals surface area (Å²) in [5.41, 5.74) is 2.42. The maximum absolute atomic E-state index is 12.0. The lowest BCUT2D eigenvalue weighted by Gasteiger charge is -2.07. The molecule has 1 N–H and O–H groups in total. The highest BCUT2D eigenvalue weighted by molar-refractivity contribution is 7.13. The Morgan fingerprint density at radius 3 is 2.69 bits per heavy atom. The van der Waals surface area contributed by atoms with Gasteiger partial charge in [-0.1, -0.05) is 42.5 Å². The minimum absolute atomic E-state index is 0.0438. The monoisotopic (exact) mass is 366 g/mol. The molecular weight excluding hydrogens is 348 g/mol. The highest BCUT2D eigenvalue weighted by atomic mass is 32.1. The molecular formula is C20H18N2O3S. The molecule has 0 unspecified atom stereocenters. The third kappa shape index (κ3) is 4.77. The quantitative estimate of drug-likeness (QED) is 0.647. The molecule has 0 aliphatic rings. The van der Waals surface area contributed by atoms with Gasteiger partial charge in [0, 0.05) is 16.5 Å². The number of nitrogens with one attached hydrogen (secondary N) is 1. The first-order valence-corrected chi connectivity index (χ1v) is 9.00. The molecule has 2 aromatic carbocycles. The summed E-state index contributed by atoms with van der Waals surface area (Å²) in [4.78, 5) is 27.8. The van der Waals surface area contributed by atoms with Crippen molar-refractivity contribution in [3.05, 3.63) is 71.2 Å². The van der Waals surface area contributed by atoms with Gasteiger partial charge < -0.3 is 10.1 Å². The van der Waals surface area contributed by atoms with Crippen molar-refractivity contribution in [1.82, 2.24) is 10.3 Å². The van der Waals surface area contributed by atoms with E-state index in [1.807, 2.05) is 35.7 Å². The van der Waals surface area contributed by atoms with E-state index in [1.54, 1.807) is 35.6 Å². The zero-order chi connectivity index (χ0) is 18.4. The zero-order valence-corrected chi connectivity index (χ0v) is 15.1. The Balaban J connectivity index is 1.49. The molecule has 1 heterocycles. The van der Waals surface area contributed by atoms with Gasteiger partial charge in [0.2, 0.25) is 0 Å². The normalized spacial score (nSPS) is 10.3. The van der Waals surface area contributed by atoms with Gasteiger partial charge >= 0.3 is 0 Å². The molecule has 0 saturated carbocycles. The van der Waals surface area contributed by atoms with Crippen molar-refractivity contribution in [2.75, 3.05) is 6.61 Å². The lowest BCUT2D eigenvalue weighted by molar-refractivity contribution is -0.123. The molecule has 1 aromatic heterocycles. The maximum Gasteiger partial charge on any atom is 0.258 e. The minimum Gasteiger partial charge on any atom is -0.484 e. The van der Waals surface area contributed by atoms with Crippen molar-refractivity contribution in [3.63, 3.8) is 0 Å². The topological polar surface area (TPSA) is 68.3 Å². The van der Waals surface area contributed by atoms with Crippen LogP contribution in [0.4, 0.5) is 0 Å². The van der Waals surface area contributed by atoms with Crippen LogP contribution in [0.15, 0.2) is 60.0 Å². The van der Waals surface area contributed by atoms with E-state index in [1.165, 1.54) is 6.92 Å². The van der Waals surface area contributed by atoms with Crippen LogP contribution >= 0.6 is 11.3 Å². The fourth-order valence-electron chi connectivity index (χ4n) is 2.30. The Morgan fingerprint density at radius 1 is 1.12 bits per heavy atom. The van der Waals surface area contributed by atoms with Crippen molar-refractivity contribution >= 4 is 23.0 Å². The highest BCUT2D eigenvalue weighted by Gasteiger charge is 2.08. The molecule has 0 atom stereocenters. The first kappa shape index (κ1) is 17.8. The third-order valence-electron chi connectivity index (χ3n) is 3.65. The van der Waals surface area contributed by atoms with Crippen LogP contribution in [0.1, 0.15) is 23.0 Å². The van der Waals surface area contributed by atoms with Crippen LogP contribution in [0.25, 0.3) is 10.6 Å². The molecule has 3 aromatic rings. The largest absolute Gasteiger partial charge is 0.484 e. The van der Waals surface area contributed by atoms with Gasteiger partial charge in [0.15, 0.2) is 12.4 Å². The van der Waals surface area contributed by atoms with E-state index in [9.17, 15) is 9.59 Å². The molecule has 0 spiro atoms. The van der Waals surface area contributed by atoms with Gasteiger partial charge in [-0.15, -0.1) is 11.3 Å². The number of rotatable bonds is 7. The van der Waals surface area contributed by atoms with Crippen LogP contribution in [0.5, 0.6) is 5.75 Å². The molecule has 0 radical (unpaired) electrons. The predicted molar refractivity (Wildman–Crippen MR) is 101 cm³/mol. The number of hydrogen-bond acceptors (Lipinski definition) is 5. The number of ketones is 1. The first-order chi connectivity index (χ1) is 12.6. The van der Waals surface area contributed by atoms with E-state index in [-0.39, 0.29) is 18.3 Å². The molecule has 1 amide bonds. The zero-order valence-electron chi connectivity index (χ0n) is 14.3. The Bertz CT molecular complexity index is 906. The molecule has 6 heteroatoms. The summed E-state index contributed by atoms with van der Waals surface area (Å²) >= 11 is 1.54. The molecule has 5 nitrogen and oxygen atoms in total. The number of hydrogen-bond donors (Lipinski definition) is 1. The fourth-order valence-corrected chi connectivity index (χ4v) is 3.12. The summed E-state index contributed by atoms with van der Waals surface area (Å²) in [5, 5.41) is 5.64. The lowest BCUT2D eigenvalue weighted by Crippen LogP contribution is -2.28. The number of Topliss-reactive ketones (excluding diaryl/α,β-unsaturated/α-hetero) is 1. The second-order valence-electron chi connectivity index (χ2n) is 5.66. The molecule has 0 aliphatic heterocycles. The smallest absolute Gasteiger partial charge is 0.258 e. The van der Waals surface area contributed by atoms with E-state index in [0.29, 0.717) is 17.9 Å². The highest BCUT2D eigenvalue weighted by Crippen LogP contribution is 2.23. The molecule has 0 bridgehead atoms. The van der Waals surface area contributed by atoms with E-state index < -0.39 is 0 Å². The van der Waals surface area contributed by atoms with Gasteiger partial charge in [-0.05, 0) is 19.1 Å². The van der Waals surface area contributed by atoms with Crippen molar-refractivity contribution in [1.29, 1.82) is 0 Å². The third-order valence-corrected chi connectivity index (χ3v) is 4.59. The van der Waals surface area contributed by atoms with Gasteiger partial charge in [0.25, 0.3) is 5.91 Å². The number of aromatic nitrogens is 1. The van der Waals surface area contributed by atoms with Crippen LogP contribution < -0.4 is 10.1 Å². The SMILES string of the molecule is CC(=O)c1cccc(OCC(=O)NCc2csc(-c3ccccc3)n2)c1. The molecule has 0 saturated heterocycles. The summed E-state index contributed by atoms with van der Waals surface area (Å²) < 4.78 is 5.44. The maximum atomic E-state index is 12.0. The molecule has 26 heavy (non-hydrogen) atoms. The fraction of sp³-hybridized carbons (Fsp3) is 0.150. The molecule has 0 fully saturated rings. The Kier molecular flexibility index (Phi) is 5.76. The van der Waals surface area contributed by atoms with Crippen LogP contribution in [-0.4, -0.2) is 23.3 Å². The molecule has 3 rings (SSSR count). The first-order valence-electron chi connectivity index (χ1n) is 8.12. The standard InChI is InChI=1S/C20H18N2O3S/c1-14(23)16-8-5-9-18(10-16)25-12-19(24)21-11-17-13-26-20(22-17)15-6-3-2-4-7-15/h2-10,13H,11-12H2,1H3,(H,21,24). The van der Waals surface area contributed by atoms with Crippen LogP contribution in [0.3, 0.4) is 0 Å². The van der Waals surface area contributed by atoms with Crippen molar-refractivity contribution < 1.29 is 14.3 Å². The Hall–Kier alpha value is -2.99. The number of amides is 1. The number of thiazole rings is 1. The average molecular weight is 366 g/mol. The second-order valence-corrected chi connectivity index (χ2v) is 6.52. The van der Waals surface area contributed by atoms with Gasteiger partial charge in [0.1, 0.15) is 10.8 Å². The average Bonchev–Trinajstić information content (AvgIpc) is 3.15. The van der Waals surface area contributed by atoms with Crippen LogP contribution in [0.2, 0.25) is 0 Å². The van der Waals surface area contributed by atoms with Crippen molar-refractivity contribution in [2.45, 2.75) is 13.5 Å². The van der Waals surface area contributed by atoms with Crippen LogP contribution in [-0.2, 0) is 11.3 Å². The van der Waals surface area contributed by atoms with Crippen LogP contribution in [0, 0.1) is 0 Å². The number of carbonyl (C=O) groups excluding carboxylic acids is 2. The summed E-state index contributed by atoms with van der Waals surface area (Å²) in [6.45, 7) is 1.72. The predicted octanol–water partition coefficient (Wildman–Crippen LogP) is 3.71. The molecule has 0 aliphatic carbocycles. The summed E-state index contributed by atoms with van der Waals surface area (Å²) in [6, 6.07) is 16.7. The minimum atomic E-state index is -0.243. The summed E-state index contributed by atoms with van der Waals surface area (Å²) in [5.74, 6) is 0.206. The van der Waals surface area contributed by atoms with E-state index in [2.05, 4.69) is 10.3 Å². The number of ether oxygens (including phenoxy) is 1.